The number of nitrogens with one attached hydrogen (secondary N) is 2. The zero-order valence-electron chi connectivity index (χ0n) is 36.5. The molecular formula is C38H64N8O9Si2. The highest BCUT2D eigenvalue weighted by Gasteiger charge is 2.65. The van der Waals surface area contributed by atoms with Gasteiger partial charge in [0.15, 0.2) is 11.9 Å². The largest absolute Gasteiger partial charge is 0.455 e. The number of carbonyl (C=O) groups excluding carboxylic acids is 3. The number of rotatable bonds is 10. The molecule has 2 aromatic heterocycles. The fourth-order valence-corrected chi connectivity index (χ4v) is 19.1. The van der Waals surface area contributed by atoms with Crippen molar-refractivity contribution in [1.29, 1.82) is 0 Å². The topological polar surface area (TPSA) is 212 Å². The van der Waals surface area contributed by atoms with Crippen LogP contribution in [-0.4, -0.2) is 97.2 Å². The zero-order chi connectivity index (χ0) is 43.0. The Hall–Kier alpha value is -3.75. The number of aromatic amines is 1. The molecule has 4 heterocycles. The smallest absolute Gasteiger partial charge is 0.411 e. The normalized spacial score (nSPS) is 22.9. The van der Waals surface area contributed by atoms with E-state index in [1.54, 1.807) is 66.5 Å². The third kappa shape index (κ3) is 9.60. The fraction of sp³-hybridized carbons (Fsp3) is 0.763. The van der Waals surface area contributed by atoms with Gasteiger partial charge in [0.05, 0.1) is 23.7 Å². The lowest BCUT2D eigenvalue weighted by molar-refractivity contribution is -0.159. The summed E-state index contributed by atoms with van der Waals surface area (Å²) in [5.74, 6) is -1.15. The minimum absolute atomic E-state index is 0.0111. The molecule has 0 radical (unpaired) electrons. The van der Waals surface area contributed by atoms with E-state index < -0.39 is 82.7 Å². The number of hydrogen-bond acceptors (Lipinski definition) is 12. The Morgan fingerprint density at radius 2 is 1.51 bits per heavy atom. The van der Waals surface area contributed by atoms with Gasteiger partial charge in [0, 0.05) is 16.7 Å². The molecule has 2 amide bonds. The Balaban J connectivity index is 2.05. The highest BCUT2D eigenvalue weighted by molar-refractivity contribution is 6.84. The van der Waals surface area contributed by atoms with Gasteiger partial charge in [-0.3, -0.25) is 4.90 Å². The van der Waals surface area contributed by atoms with E-state index in [9.17, 15) is 19.9 Å². The minimum atomic E-state index is -3.37. The van der Waals surface area contributed by atoms with E-state index in [1.807, 2.05) is 0 Å². The second-order valence-electron chi connectivity index (χ2n) is 18.6. The summed E-state index contributed by atoms with van der Waals surface area (Å²) >= 11 is 0. The Bertz CT molecular complexity index is 1800. The quantitative estimate of drug-likeness (QED) is 0.0576. The van der Waals surface area contributed by atoms with E-state index in [-0.39, 0.29) is 34.6 Å². The van der Waals surface area contributed by atoms with Gasteiger partial charge < -0.3 is 37.5 Å². The Morgan fingerprint density at radius 3 is 2.02 bits per heavy atom. The van der Waals surface area contributed by atoms with Crippen LogP contribution in [0.2, 0.25) is 22.2 Å². The van der Waals surface area contributed by atoms with Crippen LogP contribution in [0, 0.1) is 5.92 Å². The summed E-state index contributed by atoms with van der Waals surface area (Å²) in [5.41, 5.74) is 8.48. The lowest BCUT2D eigenvalue weighted by atomic mass is 10.0. The van der Waals surface area contributed by atoms with Crippen molar-refractivity contribution < 1.29 is 41.6 Å². The average Bonchev–Trinajstić information content (AvgIpc) is 3.60. The summed E-state index contributed by atoms with van der Waals surface area (Å²) in [6, 6.07) is -3.07. The number of azide groups is 1. The summed E-state index contributed by atoms with van der Waals surface area (Å²) in [6.45, 7) is 30.8. The van der Waals surface area contributed by atoms with Crippen molar-refractivity contribution in [3.8, 4) is 0 Å². The first kappa shape index (κ1) is 45.9. The summed E-state index contributed by atoms with van der Waals surface area (Å²) in [6.07, 6.45) is -0.793. The second kappa shape index (κ2) is 17.2. The second-order valence-corrected chi connectivity index (χ2v) is 27.4. The number of alkyl carbamates (subject to hydrolysis) is 1. The van der Waals surface area contributed by atoms with E-state index in [2.05, 4.69) is 85.7 Å². The molecule has 57 heavy (non-hydrogen) atoms. The summed E-state index contributed by atoms with van der Waals surface area (Å²) in [7, 11) is -6.48. The van der Waals surface area contributed by atoms with E-state index in [0.717, 1.165) is 0 Å². The van der Waals surface area contributed by atoms with Gasteiger partial charge in [-0.25, -0.2) is 24.4 Å². The molecule has 2 aliphatic rings. The third-order valence-electron chi connectivity index (χ3n) is 10.4. The lowest BCUT2D eigenvalue weighted by Crippen LogP contribution is -2.66. The number of H-pyrrole nitrogens is 1. The molecule has 5 atom stereocenters. The predicted molar refractivity (Wildman–Crippen MR) is 219 cm³/mol. The van der Waals surface area contributed by atoms with E-state index in [4.69, 9.17) is 27.2 Å². The molecule has 17 nitrogen and oxygen atoms in total. The maximum Gasteiger partial charge on any atom is 0.411 e. The number of amides is 2. The molecule has 0 bridgehead atoms. The van der Waals surface area contributed by atoms with E-state index >= 15 is 0 Å². The van der Waals surface area contributed by atoms with Crippen LogP contribution in [0.1, 0.15) is 122 Å². The number of likely N-dealkylation sites (tertiary alicyclic amines) is 1. The Labute approximate surface area is 338 Å². The summed E-state index contributed by atoms with van der Waals surface area (Å²) in [4.78, 5) is 58.8. The van der Waals surface area contributed by atoms with Crippen LogP contribution in [0.4, 0.5) is 15.4 Å². The number of carbonyl (C=O) groups is 3. The molecular weight excluding hydrogens is 769 g/mol. The number of aromatic nitrogens is 3. The van der Waals surface area contributed by atoms with Crippen molar-refractivity contribution in [2.24, 2.45) is 11.0 Å². The highest BCUT2D eigenvalue weighted by Crippen LogP contribution is 2.51. The van der Waals surface area contributed by atoms with Gasteiger partial charge in [-0.2, -0.15) is 0 Å². The molecule has 2 aromatic rings. The molecule has 2 aliphatic heterocycles. The van der Waals surface area contributed by atoms with Gasteiger partial charge in [0.2, 0.25) is 0 Å². The van der Waals surface area contributed by atoms with Gasteiger partial charge >= 0.3 is 35.3 Å². The van der Waals surface area contributed by atoms with Crippen LogP contribution in [0.25, 0.3) is 21.5 Å². The molecule has 2 saturated heterocycles. The van der Waals surface area contributed by atoms with Crippen LogP contribution in [0.3, 0.4) is 0 Å². The van der Waals surface area contributed by atoms with Crippen molar-refractivity contribution in [1.82, 2.24) is 25.2 Å². The highest BCUT2D eigenvalue weighted by atomic mass is 28.5. The van der Waals surface area contributed by atoms with Gasteiger partial charge in [-0.1, -0.05) is 69.2 Å². The van der Waals surface area contributed by atoms with Crippen molar-refractivity contribution >= 4 is 52.1 Å². The molecule has 4 unspecified atom stereocenters. The maximum atomic E-state index is 14.8. The third-order valence-corrected chi connectivity index (χ3v) is 20.6. The predicted octanol–water partition coefficient (Wildman–Crippen LogP) is 8.98. The lowest BCUT2D eigenvalue weighted by Gasteiger charge is -2.52. The van der Waals surface area contributed by atoms with Crippen molar-refractivity contribution in [3.63, 3.8) is 0 Å². The van der Waals surface area contributed by atoms with Crippen molar-refractivity contribution in [2.45, 2.75) is 174 Å². The van der Waals surface area contributed by atoms with Gasteiger partial charge in [0.25, 0.3) is 0 Å². The Kier molecular flexibility index (Phi) is 13.9. The first-order valence-corrected chi connectivity index (χ1v) is 23.8. The van der Waals surface area contributed by atoms with Crippen LogP contribution in [-0.2, 0) is 32.0 Å². The fourth-order valence-electron chi connectivity index (χ4n) is 7.84. The van der Waals surface area contributed by atoms with E-state index in [0.29, 0.717) is 16.6 Å². The molecule has 2 N–H and O–H groups in total. The number of fused-ring (bicyclic) bond motifs is 2. The molecule has 318 valence electrons. The van der Waals surface area contributed by atoms with Gasteiger partial charge in [-0.05, 0) is 80.3 Å². The monoisotopic (exact) mass is 832 g/mol. The van der Waals surface area contributed by atoms with Crippen molar-refractivity contribution in [2.75, 3.05) is 6.61 Å². The number of nitrogens with zero attached hydrogens (tertiary/aromatic N) is 6. The first-order chi connectivity index (χ1) is 26.3. The molecule has 4 rings (SSSR count). The van der Waals surface area contributed by atoms with Gasteiger partial charge in [0.1, 0.15) is 35.7 Å². The number of ether oxygens (including phenoxy) is 3. The van der Waals surface area contributed by atoms with Crippen LogP contribution in [0.5, 0.6) is 0 Å². The first-order valence-electron chi connectivity index (χ1n) is 19.9. The molecule has 0 aliphatic carbocycles. The summed E-state index contributed by atoms with van der Waals surface area (Å²) < 4.78 is 40.4. The SMILES string of the molecule is CC(C)[C@H](NC(=O)OC(C)(C)C)C(=O)OC1C2O[Si](C(C)C)(C(C)C)O[Si](C(C)C)(C(C)C)OCC2N(C(=O)OC(C)(C)C)C1c1c[nH]c2c(N=[N+]=[N-])ncnc12. The Morgan fingerprint density at radius 1 is 0.930 bits per heavy atom. The average molecular weight is 833 g/mol. The zero-order valence-corrected chi connectivity index (χ0v) is 38.5. The van der Waals surface area contributed by atoms with Crippen molar-refractivity contribution in [3.05, 3.63) is 28.5 Å². The van der Waals surface area contributed by atoms with E-state index in [1.165, 1.54) is 6.33 Å². The molecule has 0 saturated carbocycles. The minimum Gasteiger partial charge on any atom is -0.455 e. The molecule has 0 spiro atoms. The van der Waals surface area contributed by atoms with Crippen LogP contribution in [0.15, 0.2) is 17.6 Å². The van der Waals surface area contributed by atoms with Crippen LogP contribution < -0.4 is 5.32 Å². The number of esters is 1. The maximum absolute atomic E-state index is 14.8. The molecule has 2 fully saturated rings. The standard InChI is InChI=1S/C38H64N8O9Si2/c1-20(2)27(43-35(48)52-37(11,12)13)34(47)51-32-30(25-17-40-29-28(25)41-19-42-33(29)44-45-39)46(36(49)53-38(14,15)16)26-18-50-56(21(3)4,22(5)6)55-57(23(7)8,24(9)10)54-31(26)32/h17,19-24,26-27,30-32,40H,18H2,1-16H3,(H,43,48)/t26?,27-,30?,31?,32?/m0/s1. The van der Waals surface area contributed by atoms with Gasteiger partial charge in [-0.15, -0.1) is 0 Å². The molecule has 19 heteroatoms. The van der Waals surface area contributed by atoms with Crippen LogP contribution >= 0.6 is 0 Å². The summed E-state index contributed by atoms with van der Waals surface area (Å²) in [5, 5.41) is 6.45. The number of hydrogen-bond donors (Lipinski definition) is 2. The molecule has 0 aromatic carbocycles.